The molecule has 1 fully saturated rings. The molecule has 1 saturated carbocycles. The van der Waals surface area contributed by atoms with Crippen LogP contribution in [0, 0.1) is 0 Å². The number of carboxylic acids is 1. The van der Waals surface area contributed by atoms with Crippen LogP contribution in [0.4, 0.5) is 11.4 Å². The van der Waals surface area contributed by atoms with Gasteiger partial charge in [0.1, 0.15) is 0 Å². The number of nitrogen functional groups attached to an aromatic ring is 1. The fourth-order valence-electron chi connectivity index (χ4n) is 2.32. The minimum absolute atomic E-state index is 0.167. The zero-order valence-electron chi connectivity index (χ0n) is 11.0. The van der Waals surface area contributed by atoms with Gasteiger partial charge in [0, 0.05) is 24.0 Å². The number of carbonyl (C=O) groups is 1. The molecule has 2 aromatic rings. The van der Waals surface area contributed by atoms with E-state index in [1.165, 1.54) is 18.4 Å². The first-order valence-corrected chi connectivity index (χ1v) is 7.50. The largest absolute Gasteiger partial charge is 0.478 e. The second-order valence-electron chi connectivity index (χ2n) is 5.07. The molecule has 1 aromatic heterocycles. The zero-order chi connectivity index (χ0) is 14.1. The highest BCUT2D eigenvalue weighted by molar-refractivity contribution is 7.07. The highest BCUT2D eigenvalue weighted by Crippen LogP contribution is 2.34. The van der Waals surface area contributed by atoms with Gasteiger partial charge in [-0.05, 0) is 53.4 Å². The highest BCUT2D eigenvalue weighted by atomic mass is 32.1. The standard InChI is InChI=1S/C15H16N2O2S/c16-14-7-12(3-4-13(14)15(18)19)17(11-1-2-11)8-10-5-6-20-9-10/h3-7,9,11H,1-2,8,16H2,(H,18,19). The number of hydrogen-bond donors (Lipinski definition) is 2. The normalized spacial score (nSPS) is 14.2. The molecule has 4 nitrogen and oxygen atoms in total. The van der Waals surface area contributed by atoms with E-state index in [0.29, 0.717) is 11.7 Å². The molecule has 0 amide bonds. The first kappa shape index (κ1) is 13.0. The zero-order valence-corrected chi connectivity index (χ0v) is 11.8. The van der Waals surface area contributed by atoms with Crippen LogP contribution >= 0.6 is 11.3 Å². The van der Waals surface area contributed by atoms with Crippen molar-refractivity contribution in [2.75, 3.05) is 10.6 Å². The summed E-state index contributed by atoms with van der Waals surface area (Å²) in [6, 6.07) is 7.88. The molecule has 5 heteroatoms. The monoisotopic (exact) mass is 288 g/mol. The topological polar surface area (TPSA) is 66.6 Å². The molecule has 1 heterocycles. The molecule has 0 saturated heterocycles. The lowest BCUT2D eigenvalue weighted by atomic mass is 10.1. The minimum Gasteiger partial charge on any atom is -0.478 e. The third kappa shape index (κ3) is 2.63. The van der Waals surface area contributed by atoms with Crippen molar-refractivity contribution in [3.63, 3.8) is 0 Å². The van der Waals surface area contributed by atoms with E-state index in [2.05, 4.69) is 21.7 Å². The Balaban J connectivity index is 1.88. The van der Waals surface area contributed by atoms with Gasteiger partial charge in [-0.1, -0.05) is 0 Å². The number of benzene rings is 1. The summed E-state index contributed by atoms with van der Waals surface area (Å²) in [6.07, 6.45) is 2.37. The van der Waals surface area contributed by atoms with Gasteiger partial charge >= 0.3 is 5.97 Å². The van der Waals surface area contributed by atoms with E-state index in [4.69, 9.17) is 10.8 Å². The number of hydrogen-bond acceptors (Lipinski definition) is 4. The smallest absolute Gasteiger partial charge is 0.337 e. The van der Waals surface area contributed by atoms with Gasteiger partial charge in [0.15, 0.2) is 0 Å². The maximum absolute atomic E-state index is 11.0. The first-order chi connectivity index (χ1) is 9.65. The predicted octanol–water partition coefficient (Wildman–Crippen LogP) is 3.20. The van der Waals surface area contributed by atoms with Crippen LogP contribution in [0.1, 0.15) is 28.8 Å². The second kappa shape index (κ2) is 5.17. The van der Waals surface area contributed by atoms with Gasteiger partial charge in [0.05, 0.1) is 5.56 Å². The molecule has 0 unspecified atom stereocenters. The average Bonchev–Trinajstić information content (AvgIpc) is 3.12. The second-order valence-corrected chi connectivity index (χ2v) is 5.85. The van der Waals surface area contributed by atoms with E-state index < -0.39 is 5.97 Å². The van der Waals surface area contributed by atoms with Crippen molar-refractivity contribution < 1.29 is 9.90 Å². The molecule has 0 spiro atoms. The van der Waals surface area contributed by atoms with Crippen molar-refractivity contribution in [3.05, 3.63) is 46.2 Å². The van der Waals surface area contributed by atoms with Crippen LogP contribution in [-0.4, -0.2) is 17.1 Å². The Morgan fingerprint density at radius 3 is 2.75 bits per heavy atom. The summed E-state index contributed by atoms with van der Waals surface area (Å²) in [5, 5.41) is 13.2. The molecular formula is C15H16N2O2S. The van der Waals surface area contributed by atoms with Crippen molar-refractivity contribution in [1.29, 1.82) is 0 Å². The molecule has 1 aliphatic rings. The van der Waals surface area contributed by atoms with Gasteiger partial charge in [-0.15, -0.1) is 0 Å². The summed E-state index contributed by atoms with van der Waals surface area (Å²) in [5.41, 5.74) is 8.62. The minimum atomic E-state index is -0.982. The number of nitrogens with two attached hydrogens (primary N) is 1. The molecule has 0 aliphatic heterocycles. The summed E-state index contributed by atoms with van der Waals surface area (Å²) in [6.45, 7) is 0.847. The molecule has 3 N–H and O–H groups in total. The van der Waals surface area contributed by atoms with Crippen molar-refractivity contribution in [1.82, 2.24) is 0 Å². The van der Waals surface area contributed by atoms with Crippen molar-refractivity contribution in [2.24, 2.45) is 0 Å². The number of thiophene rings is 1. The van der Waals surface area contributed by atoms with Crippen molar-refractivity contribution in [2.45, 2.75) is 25.4 Å². The Labute approximate surface area is 121 Å². The van der Waals surface area contributed by atoms with Crippen LogP contribution in [0.3, 0.4) is 0 Å². The van der Waals surface area contributed by atoms with Gasteiger partial charge in [0.2, 0.25) is 0 Å². The molecule has 104 valence electrons. The molecule has 0 radical (unpaired) electrons. The Kier molecular flexibility index (Phi) is 3.36. The van der Waals surface area contributed by atoms with Gasteiger partial charge in [-0.3, -0.25) is 0 Å². The predicted molar refractivity (Wildman–Crippen MR) is 81.3 cm³/mol. The summed E-state index contributed by atoms with van der Waals surface area (Å²) >= 11 is 1.69. The van der Waals surface area contributed by atoms with Crippen LogP contribution in [0.25, 0.3) is 0 Å². The van der Waals surface area contributed by atoms with Crippen LogP contribution in [0.5, 0.6) is 0 Å². The van der Waals surface area contributed by atoms with Gasteiger partial charge in [-0.25, -0.2) is 4.79 Å². The van der Waals surface area contributed by atoms with Crippen molar-refractivity contribution >= 4 is 28.7 Å². The summed E-state index contributed by atoms with van der Waals surface area (Å²) in [7, 11) is 0. The van der Waals surface area contributed by atoms with E-state index in [1.807, 2.05) is 6.07 Å². The fraction of sp³-hybridized carbons (Fsp3) is 0.267. The van der Waals surface area contributed by atoms with Crippen LogP contribution < -0.4 is 10.6 Å². The number of aromatic carboxylic acids is 1. The summed E-state index contributed by atoms with van der Waals surface area (Å²) in [4.78, 5) is 13.3. The Hall–Kier alpha value is -2.01. The molecule has 0 bridgehead atoms. The quantitative estimate of drug-likeness (QED) is 0.829. The summed E-state index contributed by atoms with van der Waals surface area (Å²) in [5.74, 6) is -0.982. The lowest BCUT2D eigenvalue weighted by molar-refractivity contribution is 0.0698. The third-order valence-corrected chi connectivity index (χ3v) is 4.25. The molecule has 20 heavy (non-hydrogen) atoms. The first-order valence-electron chi connectivity index (χ1n) is 6.55. The molecule has 1 aromatic carbocycles. The van der Waals surface area contributed by atoms with E-state index in [1.54, 1.807) is 23.5 Å². The Bertz CT molecular complexity index is 621. The number of anilines is 2. The lowest BCUT2D eigenvalue weighted by Gasteiger charge is -2.25. The SMILES string of the molecule is Nc1cc(N(Cc2ccsc2)C2CC2)ccc1C(=O)O. The molecular weight excluding hydrogens is 272 g/mol. The van der Waals surface area contributed by atoms with Gasteiger partial charge in [-0.2, -0.15) is 11.3 Å². The lowest BCUT2D eigenvalue weighted by Crippen LogP contribution is -2.25. The third-order valence-electron chi connectivity index (χ3n) is 3.52. The maximum Gasteiger partial charge on any atom is 0.337 e. The number of rotatable bonds is 5. The van der Waals surface area contributed by atoms with Gasteiger partial charge in [0.25, 0.3) is 0 Å². The molecule has 1 aliphatic carbocycles. The van der Waals surface area contributed by atoms with Crippen LogP contribution in [-0.2, 0) is 6.54 Å². The van der Waals surface area contributed by atoms with Crippen LogP contribution in [0.2, 0.25) is 0 Å². The fourth-order valence-corrected chi connectivity index (χ4v) is 2.98. The van der Waals surface area contributed by atoms with E-state index in [0.717, 1.165) is 12.2 Å². The van der Waals surface area contributed by atoms with Crippen LogP contribution in [0.15, 0.2) is 35.0 Å². The molecule has 0 atom stereocenters. The van der Waals surface area contributed by atoms with E-state index in [-0.39, 0.29) is 5.56 Å². The van der Waals surface area contributed by atoms with E-state index in [9.17, 15) is 4.79 Å². The number of carboxylic acid groups (broad SMARTS) is 1. The number of nitrogens with zero attached hydrogens (tertiary/aromatic N) is 1. The Morgan fingerprint density at radius 1 is 1.40 bits per heavy atom. The average molecular weight is 288 g/mol. The van der Waals surface area contributed by atoms with Gasteiger partial charge < -0.3 is 15.7 Å². The highest BCUT2D eigenvalue weighted by Gasteiger charge is 2.29. The Morgan fingerprint density at radius 2 is 2.20 bits per heavy atom. The summed E-state index contributed by atoms with van der Waals surface area (Å²) < 4.78 is 0. The van der Waals surface area contributed by atoms with Crippen molar-refractivity contribution in [3.8, 4) is 0 Å². The van der Waals surface area contributed by atoms with E-state index >= 15 is 0 Å². The molecule has 3 rings (SSSR count). The maximum atomic E-state index is 11.0.